The fourth-order valence-electron chi connectivity index (χ4n) is 4.19. The smallest absolute Gasteiger partial charge is 0.277 e. The molecule has 8 heteroatoms. The Kier molecular flexibility index (Phi) is 7.19. The quantitative estimate of drug-likeness (QED) is 0.329. The highest BCUT2D eigenvalue weighted by Gasteiger charge is 2.20. The number of hydrogen-bond acceptors (Lipinski definition) is 6. The molecule has 4 aromatic rings. The molecule has 0 fully saturated rings. The van der Waals surface area contributed by atoms with Gasteiger partial charge in [0, 0.05) is 37.4 Å². The Bertz CT molecular complexity index is 1460. The van der Waals surface area contributed by atoms with Gasteiger partial charge < -0.3 is 14.2 Å². The maximum absolute atomic E-state index is 15.0. The zero-order valence-corrected chi connectivity index (χ0v) is 21.3. The zero-order valence-electron chi connectivity index (χ0n) is 21.3. The molecule has 36 heavy (non-hydrogen) atoms. The predicted molar refractivity (Wildman–Crippen MR) is 137 cm³/mol. The third kappa shape index (κ3) is 5.01. The van der Waals surface area contributed by atoms with Gasteiger partial charge in [0.1, 0.15) is 5.82 Å². The Labute approximate surface area is 209 Å². The lowest BCUT2D eigenvalue weighted by atomic mass is 9.86. The summed E-state index contributed by atoms with van der Waals surface area (Å²) in [6.45, 7) is 6.15. The number of pyridine rings is 1. The van der Waals surface area contributed by atoms with Crippen LogP contribution in [0.2, 0.25) is 0 Å². The summed E-state index contributed by atoms with van der Waals surface area (Å²) in [5, 5.41) is 4.86. The van der Waals surface area contributed by atoms with Gasteiger partial charge in [-0.1, -0.05) is 32.9 Å². The van der Waals surface area contributed by atoms with Gasteiger partial charge in [0.15, 0.2) is 6.29 Å². The van der Waals surface area contributed by atoms with E-state index >= 15 is 4.39 Å². The first-order valence-electron chi connectivity index (χ1n) is 11.5. The van der Waals surface area contributed by atoms with Crippen LogP contribution in [0.3, 0.4) is 0 Å². The van der Waals surface area contributed by atoms with Crippen LogP contribution in [0.15, 0.2) is 59.7 Å². The first-order chi connectivity index (χ1) is 17.2. The van der Waals surface area contributed by atoms with Crippen LogP contribution in [0, 0.1) is 5.82 Å². The number of rotatable bonds is 7. The first-order valence-corrected chi connectivity index (χ1v) is 11.5. The second kappa shape index (κ2) is 10.2. The van der Waals surface area contributed by atoms with E-state index in [0.29, 0.717) is 11.3 Å². The van der Waals surface area contributed by atoms with Gasteiger partial charge in [-0.05, 0) is 51.9 Å². The predicted octanol–water partition coefficient (Wildman–Crippen LogP) is 5.24. The largest absolute Gasteiger partial charge is 0.481 e. The molecule has 0 bridgehead atoms. The molecule has 0 radical (unpaired) electrons. The highest BCUT2D eigenvalue weighted by Crippen LogP contribution is 2.33. The van der Waals surface area contributed by atoms with E-state index in [4.69, 9.17) is 14.2 Å². The summed E-state index contributed by atoms with van der Waals surface area (Å²) in [4.78, 5) is 17.4. The molecule has 2 aromatic carbocycles. The van der Waals surface area contributed by atoms with Crippen LogP contribution >= 0.6 is 0 Å². The average Bonchev–Trinajstić information content (AvgIpc) is 2.86. The van der Waals surface area contributed by atoms with Crippen molar-refractivity contribution in [3.05, 3.63) is 87.7 Å². The third-order valence-electron chi connectivity index (χ3n) is 6.16. The normalized spacial score (nSPS) is 11.9. The fourth-order valence-corrected chi connectivity index (χ4v) is 4.19. The number of hydrogen-bond donors (Lipinski definition) is 0. The molecular formula is C28H30FN3O4. The van der Waals surface area contributed by atoms with E-state index < -0.39 is 17.7 Å². The maximum Gasteiger partial charge on any atom is 0.277 e. The van der Waals surface area contributed by atoms with Crippen molar-refractivity contribution in [3.63, 3.8) is 0 Å². The minimum absolute atomic E-state index is 0.0328. The van der Waals surface area contributed by atoms with Crippen LogP contribution in [-0.4, -0.2) is 36.1 Å². The number of nitrogens with zero attached hydrogens (tertiary/aromatic N) is 3. The number of fused-ring (bicyclic) bond motifs is 1. The molecule has 2 aromatic heterocycles. The molecule has 0 aliphatic rings. The van der Waals surface area contributed by atoms with Gasteiger partial charge in [-0.25, -0.2) is 14.1 Å². The molecule has 7 nitrogen and oxygen atoms in total. The number of benzene rings is 2. The summed E-state index contributed by atoms with van der Waals surface area (Å²) in [5.74, 6) is -0.0578. The standard InChI is InChI=1S/C28H30FN3O4/c1-28(2,3)20-12-19-15-31-32(26(33)25(19)23(29)14-20)16-17-7-8-21(22(11-17)27(35-5)36-6)18-9-10-30-24(13-18)34-4/h7-15,27H,16H2,1-6H3. The topological polar surface area (TPSA) is 75.5 Å². The van der Waals surface area contributed by atoms with E-state index in [-0.39, 0.29) is 17.3 Å². The Hall–Kier alpha value is -3.62. The lowest BCUT2D eigenvalue weighted by Gasteiger charge is -2.20. The molecule has 0 aliphatic carbocycles. The van der Waals surface area contributed by atoms with Crippen molar-refractivity contribution in [2.45, 2.75) is 39.0 Å². The van der Waals surface area contributed by atoms with Crippen molar-refractivity contribution in [1.29, 1.82) is 0 Å². The number of aromatic nitrogens is 3. The molecule has 4 rings (SSSR count). The summed E-state index contributed by atoms with van der Waals surface area (Å²) in [6.07, 6.45) is 2.56. The molecule has 2 heterocycles. The molecular weight excluding hydrogens is 461 g/mol. The van der Waals surface area contributed by atoms with Crippen molar-refractivity contribution in [1.82, 2.24) is 14.8 Å². The van der Waals surface area contributed by atoms with Crippen LogP contribution in [0.5, 0.6) is 5.88 Å². The zero-order chi connectivity index (χ0) is 26.0. The van der Waals surface area contributed by atoms with E-state index in [9.17, 15) is 4.79 Å². The molecule has 0 atom stereocenters. The van der Waals surface area contributed by atoms with Gasteiger partial charge in [0.2, 0.25) is 5.88 Å². The number of ether oxygens (including phenoxy) is 3. The third-order valence-corrected chi connectivity index (χ3v) is 6.16. The fraction of sp³-hybridized carbons (Fsp3) is 0.321. The van der Waals surface area contributed by atoms with Gasteiger partial charge >= 0.3 is 0 Å². The van der Waals surface area contributed by atoms with Crippen LogP contribution in [0.25, 0.3) is 21.9 Å². The number of methoxy groups -OCH3 is 3. The van der Waals surface area contributed by atoms with E-state index in [2.05, 4.69) is 10.1 Å². The minimum atomic E-state index is -0.645. The summed E-state index contributed by atoms with van der Waals surface area (Å²) in [6, 6.07) is 12.7. The monoisotopic (exact) mass is 491 g/mol. The lowest BCUT2D eigenvalue weighted by molar-refractivity contribution is -0.105. The van der Waals surface area contributed by atoms with E-state index in [1.54, 1.807) is 33.7 Å². The Morgan fingerprint density at radius 2 is 1.78 bits per heavy atom. The molecule has 0 N–H and O–H groups in total. The number of halogens is 1. The lowest BCUT2D eigenvalue weighted by Crippen LogP contribution is -2.24. The van der Waals surface area contributed by atoms with Gasteiger partial charge in [-0.15, -0.1) is 0 Å². The van der Waals surface area contributed by atoms with Gasteiger partial charge in [0.05, 0.1) is 25.2 Å². The van der Waals surface area contributed by atoms with Crippen molar-refractivity contribution in [2.24, 2.45) is 0 Å². The van der Waals surface area contributed by atoms with Gasteiger partial charge in [0.25, 0.3) is 5.56 Å². The van der Waals surface area contributed by atoms with Crippen molar-refractivity contribution >= 4 is 10.8 Å². The molecule has 0 saturated carbocycles. The summed E-state index contributed by atoms with van der Waals surface area (Å²) < 4.78 is 32.7. The van der Waals surface area contributed by atoms with E-state index in [1.165, 1.54) is 10.7 Å². The minimum Gasteiger partial charge on any atom is -0.481 e. The Morgan fingerprint density at radius 3 is 2.44 bits per heavy atom. The molecule has 188 valence electrons. The molecule has 0 unspecified atom stereocenters. The van der Waals surface area contributed by atoms with E-state index in [0.717, 1.165) is 27.8 Å². The summed E-state index contributed by atoms with van der Waals surface area (Å²) >= 11 is 0. The highest BCUT2D eigenvalue weighted by atomic mass is 19.1. The van der Waals surface area contributed by atoms with Crippen molar-refractivity contribution in [3.8, 4) is 17.0 Å². The van der Waals surface area contributed by atoms with Crippen LogP contribution in [0.4, 0.5) is 4.39 Å². The molecule has 0 saturated heterocycles. The molecule has 0 amide bonds. The van der Waals surface area contributed by atoms with Crippen LogP contribution in [-0.2, 0) is 21.4 Å². The first kappa shape index (κ1) is 25.5. The van der Waals surface area contributed by atoms with Crippen molar-refractivity contribution in [2.75, 3.05) is 21.3 Å². The Balaban J connectivity index is 1.77. The second-order valence-corrected chi connectivity index (χ2v) is 9.59. The van der Waals surface area contributed by atoms with Crippen molar-refractivity contribution < 1.29 is 18.6 Å². The Morgan fingerprint density at radius 1 is 1.03 bits per heavy atom. The summed E-state index contributed by atoms with van der Waals surface area (Å²) in [5.41, 5.74) is 3.37. The SMILES string of the molecule is COc1cc(-c2ccc(Cn3ncc4cc(C(C)(C)C)cc(F)c4c3=O)cc2C(OC)OC)ccn1. The van der Waals surface area contributed by atoms with Crippen LogP contribution < -0.4 is 10.3 Å². The maximum atomic E-state index is 15.0. The average molecular weight is 492 g/mol. The van der Waals surface area contributed by atoms with Crippen LogP contribution in [0.1, 0.15) is 43.8 Å². The van der Waals surface area contributed by atoms with Gasteiger partial charge in [-0.3, -0.25) is 4.79 Å². The summed E-state index contributed by atoms with van der Waals surface area (Å²) in [7, 11) is 4.67. The molecule has 0 spiro atoms. The second-order valence-electron chi connectivity index (χ2n) is 9.59. The van der Waals surface area contributed by atoms with E-state index in [1.807, 2.05) is 57.2 Å². The highest BCUT2D eigenvalue weighted by molar-refractivity contribution is 5.82. The van der Waals surface area contributed by atoms with Gasteiger partial charge in [-0.2, -0.15) is 5.10 Å². The molecule has 0 aliphatic heterocycles.